The first-order valence-electron chi connectivity index (χ1n) is 8.51. The summed E-state index contributed by atoms with van der Waals surface area (Å²) < 4.78 is 0. The van der Waals surface area contributed by atoms with E-state index < -0.39 is 18.6 Å². The zero-order valence-electron chi connectivity index (χ0n) is 13.8. The summed E-state index contributed by atoms with van der Waals surface area (Å²) in [6, 6.07) is 0. The number of carboxylic acid groups (broad SMARTS) is 1. The van der Waals surface area contributed by atoms with Crippen molar-refractivity contribution in [1.29, 1.82) is 0 Å². The summed E-state index contributed by atoms with van der Waals surface area (Å²) in [5.74, 6) is -0.807. The minimum atomic E-state index is -1.30. The van der Waals surface area contributed by atoms with Gasteiger partial charge in [-0.15, -0.1) is 0 Å². The number of carbonyl (C=O) groups is 1. The number of rotatable bonds is 11. The third-order valence-electron chi connectivity index (χ3n) is 4.73. The topological polar surface area (TPSA) is 93.0 Å². The van der Waals surface area contributed by atoms with Gasteiger partial charge in [-0.1, -0.05) is 19.3 Å². The summed E-state index contributed by atoms with van der Waals surface area (Å²) in [5.41, 5.74) is -0.893. The Hall–Kier alpha value is -0.625. The smallest absolute Gasteiger partial charge is 0.451 e. The van der Waals surface area contributed by atoms with E-state index in [0.29, 0.717) is 32.0 Å². The van der Waals surface area contributed by atoms with Gasteiger partial charge in [0.1, 0.15) is 5.54 Å². The number of hydrogen-bond donors (Lipinski definition) is 4. The molecule has 0 spiro atoms. The molecule has 1 fully saturated rings. The van der Waals surface area contributed by atoms with Crippen LogP contribution >= 0.6 is 0 Å². The van der Waals surface area contributed by atoms with Crippen molar-refractivity contribution in [2.24, 2.45) is 0 Å². The van der Waals surface area contributed by atoms with Crippen molar-refractivity contribution in [3.8, 4) is 0 Å². The van der Waals surface area contributed by atoms with Crippen molar-refractivity contribution >= 4 is 13.1 Å². The number of nitrogens with zero attached hydrogens (tertiary/aromatic N) is 1. The van der Waals surface area contributed by atoms with Crippen molar-refractivity contribution in [3.05, 3.63) is 0 Å². The molecule has 22 heavy (non-hydrogen) atoms. The molecule has 0 aromatic rings. The van der Waals surface area contributed by atoms with Gasteiger partial charge in [0.25, 0.3) is 0 Å². The molecule has 1 aliphatic heterocycles. The van der Waals surface area contributed by atoms with Crippen LogP contribution in [0.2, 0.25) is 6.32 Å². The first-order valence-corrected chi connectivity index (χ1v) is 8.51. The average Bonchev–Trinajstić information content (AvgIpc) is 2.50. The number of likely N-dealkylation sites (N-methyl/N-ethyl adjacent to an activating group) is 1. The third-order valence-corrected chi connectivity index (χ3v) is 4.73. The van der Waals surface area contributed by atoms with Gasteiger partial charge < -0.3 is 25.4 Å². The molecule has 0 aromatic heterocycles. The fourth-order valence-corrected chi connectivity index (χ4v) is 3.24. The maximum Gasteiger partial charge on any atom is 0.451 e. The lowest BCUT2D eigenvalue weighted by Gasteiger charge is -2.31. The van der Waals surface area contributed by atoms with Gasteiger partial charge in [-0.25, -0.2) is 0 Å². The summed E-state index contributed by atoms with van der Waals surface area (Å²) in [6.07, 6.45) is 7.41. The van der Waals surface area contributed by atoms with E-state index >= 15 is 0 Å². The van der Waals surface area contributed by atoms with Crippen LogP contribution in [0.25, 0.3) is 0 Å². The van der Waals surface area contributed by atoms with Gasteiger partial charge in [0.15, 0.2) is 0 Å². The van der Waals surface area contributed by atoms with Crippen LogP contribution in [0.1, 0.15) is 51.4 Å². The van der Waals surface area contributed by atoms with Crippen LogP contribution in [0.3, 0.4) is 0 Å². The fraction of sp³-hybridized carbons (Fsp3) is 0.933. The lowest BCUT2D eigenvalue weighted by atomic mass is 9.81. The molecule has 4 N–H and O–H groups in total. The van der Waals surface area contributed by atoms with Crippen LogP contribution in [0, 0.1) is 0 Å². The summed E-state index contributed by atoms with van der Waals surface area (Å²) >= 11 is 0. The highest BCUT2D eigenvalue weighted by molar-refractivity contribution is 6.40. The second kappa shape index (κ2) is 10.2. The lowest BCUT2D eigenvalue weighted by molar-refractivity contribution is -0.145. The zero-order chi connectivity index (χ0) is 16.4. The molecule has 128 valence electrons. The number of hydrogen-bond acceptors (Lipinski definition) is 5. The first kappa shape index (κ1) is 19.4. The maximum absolute atomic E-state index is 11.7. The highest BCUT2D eigenvalue weighted by atomic mass is 16.4. The van der Waals surface area contributed by atoms with Gasteiger partial charge in [-0.2, -0.15) is 0 Å². The Morgan fingerprint density at radius 3 is 2.32 bits per heavy atom. The van der Waals surface area contributed by atoms with Crippen molar-refractivity contribution in [2.75, 3.05) is 26.7 Å². The molecule has 0 radical (unpaired) electrons. The van der Waals surface area contributed by atoms with Crippen LogP contribution in [0.5, 0.6) is 0 Å². The van der Waals surface area contributed by atoms with Crippen LogP contribution in [-0.2, 0) is 4.79 Å². The van der Waals surface area contributed by atoms with E-state index in [1.54, 1.807) is 7.05 Å². The van der Waals surface area contributed by atoms with Gasteiger partial charge in [0, 0.05) is 0 Å². The second-order valence-electron chi connectivity index (χ2n) is 6.37. The van der Waals surface area contributed by atoms with Crippen LogP contribution in [0.15, 0.2) is 0 Å². The van der Waals surface area contributed by atoms with E-state index in [9.17, 15) is 9.90 Å². The maximum atomic E-state index is 11.7. The summed E-state index contributed by atoms with van der Waals surface area (Å²) in [7, 11) is 0.406. The number of unbranched alkanes of at least 4 members (excludes halogenated alkanes) is 1. The average molecular weight is 314 g/mol. The van der Waals surface area contributed by atoms with E-state index in [-0.39, 0.29) is 0 Å². The van der Waals surface area contributed by atoms with Crippen molar-refractivity contribution in [2.45, 2.75) is 63.2 Å². The summed E-state index contributed by atoms with van der Waals surface area (Å²) in [4.78, 5) is 14.1. The Morgan fingerprint density at radius 1 is 1.14 bits per heavy atom. The number of carboxylic acids is 1. The van der Waals surface area contributed by atoms with E-state index in [2.05, 4.69) is 10.2 Å². The fourth-order valence-electron chi connectivity index (χ4n) is 3.24. The van der Waals surface area contributed by atoms with E-state index in [1.165, 1.54) is 19.3 Å². The summed E-state index contributed by atoms with van der Waals surface area (Å²) in [5, 5.41) is 30.3. The molecule has 1 saturated heterocycles. The second-order valence-corrected chi connectivity index (χ2v) is 6.37. The molecule has 0 aliphatic carbocycles. The van der Waals surface area contributed by atoms with Gasteiger partial charge in [-0.3, -0.25) is 4.79 Å². The van der Waals surface area contributed by atoms with Crippen molar-refractivity contribution < 1.29 is 19.9 Å². The molecule has 7 heteroatoms. The van der Waals surface area contributed by atoms with Gasteiger partial charge in [-0.05, 0) is 65.1 Å². The van der Waals surface area contributed by atoms with E-state index in [0.717, 1.165) is 26.1 Å². The molecule has 1 rings (SSSR count). The molecule has 1 heterocycles. The number of piperidine rings is 1. The number of likely N-dealkylation sites (tertiary alicyclic amines) is 1. The first-order chi connectivity index (χ1) is 10.5. The Balaban J connectivity index is 2.39. The SMILES string of the molecule is CNC(CCCCB(O)O)(CCCN1CCCCC1)C(=O)O. The Kier molecular flexibility index (Phi) is 9.01. The predicted octanol–water partition coefficient (Wildman–Crippen LogP) is 0.938. The normalized spacial score (nSPS) is 18.9. The quantitative estimate of drug-likeness (QED) is 0.335. The molecule has 6 nitrogen and oxygen atoms in total. The standard InChI is InChI=1S/C15H31BN2O4/c1-17-15(14(19)20,8-3-4-10-16(21)22)9-7-13-18-11-5-2-6-12-18/h17,21-22H,2-13H2,1H3,(H,19,20). The predicted molar refractivity (Wildman–Crippen MR) is 87.8 cm³/mol. The highest BCUT2D eigenvalue weighted by Gasteiger charge is 2.35. The lowest BCUT2D eigenvalue weighted by Crippen LogP contribution is -2.50. The van der Waals surface area contributed by atoms with Gasteiger partial charge >= 0.3 is 13.1 Å². The molecule has 1 atom stereocenters. The largest absolute Gasteiger partial charge is 0.480 e. The van der Waals surface area contributed by atoms with Crippen LogP contribution in [-0.4, -0.2) is 65.4 Å². The number of nitrogens with one attached hydrogen (secondary N) is 1. The van der Waals surface area contributed by atoms with Crippen molar-refractivity contribution in [3.63, 3.8) is 0 Å². The summed E-state index contributed by atoms with van der Waals surface area (Å²) in [6.45, 7) is 3.23. The molecule has 0 aromatic carbocycles. The van der Waals surface area contributed by atoms with E-state index in [4.69, 9.17) is 10.0 Å². The third kappa shape index (κ3) is 6.65. The van der Waals surface area contributed by atoms with Crippen LogP contribution < -0.4 is 5.32 Å². The Bertz CT molecular complexity index is 325. The number of aliphatic carboxylic acids is 1. The monoisotopic (exact) mass is 314 g/mol. The Morgan fingerprint density at radius 2 is 1.77 bits per heavy atom. The zero-order valence-corrected chi connectivity index (χ0v) is 13.8. The van der Waals surface area contributed by atoms with Crippen LogP contribution in [0.4, 0.5) is 0 Å². The molecule has 1 unspecified atom stereocenters. The molecule has 1 aliphatic rings. The molecule has 0 bridgehead atoms. The molecule has 0 saturated carbocycles. The Labute approximate surface area is 134 Å². The highest BCUT2D eigenvalue weighted by Crippen LogP contribution is 2.22. The molecular weight excluding hydrogens is 283 g/mol. The molecular formula is C15H31BN2O4. The van der Waals surface area contributed by atoms with E-state index in [1.807, 2.05) is 0 Å². The molecule has 0 amide bonds. The van der Waals surface area contributed by atoms with Gasteiger partial charge in [0.05, 0.1) is 0 Å². The minimum Gasteiger partial charge on any atom is -0.480 e. The van der Waals surface area contributed by atoms with Gasteiger partial charge in [0.2, 0.25) is 0 Å². The van der Waals surface area contributed by atoms with Crippen molar-refractivity contribution in [1.82, 2.24) is 10.2 Å². The minimum absolute atomic E-state index is 0.299.